The van der Waals surface area contributed by atoms with Gasteiger partial charge in [-0.25, -0.2) is 0 Å². The molecule has 0 saturated carbocycles. The number of amides is 1. The lowest BCUT2D eigenvalue weighted by molar-refractivity contribution is -0.117. The number of fused-ring (bicyclic) bond motifs is 1. The summed E-state index contributed by atoms with van der Waals surface area (Å²) in [7, 11) is 0. The highest BCUT2D eigenvalue weighted by molar-refractivity contribution is 8.05. The van der Waals surface area contributed by atoms with Gasteiger partial charge in [0, 0.05) is 11.3 Å². The molecule has 1 aromatic carbocycles. The van der Waals surface area contributed by atoms with Crippen molar-refractivity contribution >= 4 is 23.4 Å². The SMILES string of the molecule is CC1(SC#N)C(=O)Nc2ccccc21. The van der Waals surface area contributed by atoms with Gasteiger partial charge in [-0.3, -0.25) is 4.79 Å². The first-order valence-electron chi connectivity index (χ1n) is 4.16. The van der Waals surface area contributed by atoms with Gasteiger partial charge in [-0.05, 0) is 24.8 Å². The smallest absolute Gasteiger partial charge is 0.246 e. The van der Waals surface area contributed by atoms with Crippen molar-refractivity contribution in [2.45, 2.75) is 11.7 Å². The number of anilines is 1. The van der Waals surface area contributed by atoms with Crippen LogP contribution in [0.5, 0.6) is 0 Å². The average molecular weight is 204 g/mol. The number of nitrogens with zero attached hydrogens (tertiary/aromatic N) is 1. The Labute approximate surface area is 86.1 Å². The Bertz CT molecular complexity index is 438. The number of hydrogen-bond acceptors (Lipinski definition) is 3. The quantitative estimate of drug-likeness (QED) is 0.712. The first-order chi connectivity index (χ1) is 6.68. The number of thioether (sulfide) groups is 1. The number of hydrogen-bond donors (Lipinski definition) is 1. The molecule has 70 valence electrons. The van der Waals surface area contributed by atoms with Crippen molar-refractivity contribution in [3.8, 4) is 5.40 Å². The minimum Gasteiger partial charge on any atom is -0.324 e. The molecule has 0 saturated heterocycles. The molecule has 2 rings (SSSR count). The number of rotatable bonds is 1. The van der Waals surface area contributed by atoms with Crippen molar-refractivity contribution in [3.05, 3.63) is 29.8 Å². The number of nitrogens with one attached hydrogen (secondary N) is 1. The minimum atomic E-state index is -0.759. The summed E-state index contributed by atoms with van der Waals surface area (Å²) in [6.45, 7) is 1.77. The fourth-order valence-electron chi connectivity index (χ4n) is 1.56. The van der Waals surface area contributed by atoms with E-state index in [1.165, 1.54) is 0 Å². The molecule has 3 nitrogen and oxygen atoms in total. The lowest BCUT2D eigenvalue weighted by atomic mass is 10.0. The second-order valence-corrected chi connectivity index (χ2v) is 4.43. The van der Waals surface area contributed by atoms with E-state index in [0.717, 1.165) is 23.0 Å². The van der Waals surface area contributed by atoms with Crippen molar-refractivity contribution < 1.29 is 4.79 Å². The van der Waals surface area contributed by atoms with Crippen LogP contribution in [-0.4, -0.2) is 5.91 Å². The van der Waals surface area contributed by atoms with Crippen molar-refractivity contribution in [2.75, 3.05) is 5.32 Å². The van der Waals surface area contributed by atoms with E-state index in [1.54, 1.807) is 6.92 Å². The zero-order valence-corrected chi connectivity index (χ0v) is 8.39. The number of carbonyl (C=O) groups is 1. The summed E-state index contributed by atoms with van der Waals surface area (Å²) in [4.78, 5) is 11.7. The van der Waals surface area contributed by atoms with Gasteiger partial charge in [-0.2, -0.15) is 5.26 Å². The average Bonchev–Trinajstić information content (AvgIpc) is 2.41. The van der Waals surface area contributed by atoms with Crippen LogP contribution in [0.25, 0.3) is 0 Å². The van der Waals surface area contributed by atoms with Gasteiger partial charge in [0.05, 0.1) is 0 Å². The highest BCUT2D eigenvalue weighted by Crippen LogP contribution is 2.44. The summed E-state index contributed by atoms with van der Waals surface area (Å²) >= 11 is 0.986. The van der Waals surface area contributed by atoms with Crippen LogP contribution in [0.1, 0.15) is 12.5 Å². The fourth-order valence-corrected chi connectivity index (χ4v) is 2.18. The molecule has 14 heavy (non-hydrogen) atoms. The monoisotopic (exact) mass is 204 g/mol. The Morgan fingerprint density at radius 2 is 2.21 bits per heavy atom. The van der Waals surface area contributed by atoms with Gasteiger partial charge in [0.1, 0.15) is 10.1 Å². The van der Waals surface area contributed by atoms with Crippen LogP contribution < -0.4 is 5.32 Å². The Kier molecular flexibility index (Phi) is 1.97. The number of benzene rings is 1. The Morgan fingerprint density at radius 3 is 2.93 bits per heavy atom. The first-order valence-corrected chi connectivity index (χ1v) is 4.98. The number of carbonyl (C=O) groups excluding carboxylic acids is 1. The van der Waals surface area contributed by atoms with Gasteiger partial charge < -0.3 is 5.32 Å². The van der Waals surface area contributed by atoms with Gasteiger partial charge >= 0.3 is 0 Å². The van der Waals surface area contributed by atoms with Gasteiger partial charge in [0.25, 0.3) is 0 Å². The number of thiocyanates is 1. The maximum absolute atomic E-state index is 11.7. The lowest BCUT2D eigenvalue weighted by Gasteiger charge is -2.16. The summed E-state index contributed by atoms with van der Waals surface area (Å²) in [6.07, 6.45) is 0. The molecule has 1 N–H and O–H groups in total. The highest BCUT2D eigenvalue weighted by Gasteiger charge is 2.43. The summed E-state index contributed by atoms with van der Waals surface area (Å²) in [5.41, 5.74) is 1.69. The molecule has 1 aliphatic heterocycles. The van der Waals surface area contributed by atoms with E-state index in [1.807, 2.05) is 29.7 Å². The Hall–Kier alpha value is -1.47. The molecule has 4 heteroatoms. The van der Waals surface area contributed by atoms with Crippen LogP contribution in [0.3, 0.4) is 0 Å². The molecule has 0 bridgehead atoms. The van der Waals surface area contributed by atoms with Gasteiger partial charge in [-0.1, -0.05) is 18.2 Å². The van der Waals surface area contributed by atoms with Crippen molar-refractivity contribution in [2.24, 2.45) is 0 Å². The number of para-hydroxylation sites is 1. The third-order valence-electron chi connectivity index (χ3n) is 2.37. The van der Waals surface area contributed by atoms with Gasteiger partial charge in [-0.15, -0.1) is 0 Å². The second kappa shape index (κ2) is 3.03. The first kappa shape index (κ1) is 9.10. The van der Waals surface area contributed by atoms with Crippen LogP contribution in [-0.2, 0) is 9.54 Å². The van der Waals surface area contributed by atoms with E-state index in [0.29, 0.717) is 0 Å². The molecule has 0 aromatic heterocycles. The molecular weight excluding hydrogens is 196 g/mol. The standard InChI is InChI=1S/C10H8N2OS/c1-10(14-6-11)7-4-2-3-5-8(7)12-9(10)13/h2-5H,1H3,(H,12,13). The molecule has 1 aliphatic rings. The van der Waals surface area contributed by atoms with Crippen molar-refractivity contribution in [1.29, 1.82) is 5.26 Å². The van der Waals surface area contributed by atoms with E-state index in [-0.39, 0.29) is 5.91 Å². The molecule has 1 aromatic rings. The van der Waals surface area contributed by atoms with E-state index < -0.39 is 4.75 Å². The maximum Gasteiger partial charge on any atom is 0.246 e. The topological polar surface area (TPSA) is 52.9 Å². The van der Waals surface area contributed by atoms with Crippen LogP contribution >= 0.6 is 11.8 Å². The molecular formula is C10H8N2OS. The Balaban J connectivity index is 2.55. The van der Waals surface area contributed by atoms with Crippen LogP contribution in [0.2, 0.25) is 0 Å². The van der Waals surface area contributed by atoms with E-state index >= 15 is 0 Å². The molecule has 1 heterocycles. The molecule has 1 atom stereocenters. The van der Waals surface area contributed by atoms with Crippen LogP contribution in [0.15, 0.2) is 24.3 Å². The zero-order chi connectivity index (χ0) is 10.2. The summed E-state index contributed by atoms with van der Waals surface area (Å²) in [5.74, 6) is -0.120. The van der Waals surface area contributed by atoms with E-state index in [4.69, 9.17) is 5.26 Å². The van der Waals surface area contributed by atoms with Gasteiger partial charge in [0.2, 0.25) is 5.91 Å². The molecule has 0 aliphatic carbocycles. The maximum atomic E-state index is 11.7. The molecule has 1 amide bonds. The largest absolute Gasteiger partial charge is 0.324 e. The Morgan fingerprint density at radius 1 is 1.50 bits per heavy atom. The molecule has 1 unspecified atom stereocenters. The zero-order valence-electron chi connectivity index (χ0n) is 7.57. The van der Waals surface area contributed by atoms with Crippen LogP contribution in [0.4, 0.5) is 5.69 Å². The predicted molar refractivity (Wildman–Crippen MR) is 55.6 cm³/mol. The summed E-state index contributed by atoms with van der Waals surface area (Å²) in [5, 5.41) is 13.4. The minimum absolute atomic E-state index is 0.120. The van der Waals surface area contributed by atoms with Crippen molar-refractivity contribution in [3.63, 3.8) is 0 Å². The van der Waals surface area contributed by atoms with E-state index in [2.05, 4.69) is 5.32 Å². The van der Waals surface area contributed by atoms with Crippen molar-refractivity contribution in [1.82, 2.24) is 0 Å². The fraction of sp³-hybridized carbons (Fsp3) is 0.200. The lowest BCUT2D eigenvalue weighted by Crippen LogP contribution is -2.26. The van der Waals surface area contributed by atoms with Gasteiger partial charge in [0.15, 0.2) is 0 Å². The highest BCUT2D eigenvalue weighted by atomic mass is 32.2. The summed E-state index contributed by atoms with van der Waals surface area (Å²) < 4.78 is -0.759. The summed E-state index contributed by atoms with van der Waals surface area (Å²) in [6, 6.07) is 7.45. The second-order valence-electron chi connectivity index (χ2n) is 3.23. The molecule has 0 fully saturated rings. The van der Waals surface area contributed by atoms with E-state index in [9.17, 15) is 4.79 Å². The third kappa shape index (κ3) is 1.10. The van der Waals surface area contributed by atoms with Crippen LogP contribution in [0, 0.1) is 10.7 Å². The normalized spacial score (nSPS) is 23.9. The predicted octanol–water partition coefficient (Wildman–Crippen LogP) is 2.07. The molecule has 0 radical (unpaired) electrons. The molecule has 0 spiro atoms. The number of nitriles is 1. The third-order valence-corrected chi connectivity index (χ3v) is 3.28.